The number of aromatic nitrogens is 3. The first-order chi connectivity index (χ1) is 19.7. The molecule has 0 spiro atoms. The van der Waals surface area contributed by atoms with E-state index < -0.39 is 0 Å². The standard InChI is InChI=1S/C32H38N6O2S/c1-7-37(8-2)26-15-9-23(10-16-26)21-33-34-29(39)22-41-31-36-35-30(24-11-13-25(14-12-24)32(3,4)5)38(31)27-17-19-28(40-6)20-18-27/h9-21H,7-8,22H2,1-6H3,(H,34,39)/b33-21+. The van der Waals surface area contributed by atoms with Gasteiger partial charge >= 0.3 is 0 Å². The van der Waals surface area contributed by atoms with Gasteiger partial charge in [0, 0.05) is 30.0 Å². The molecule has 1 heterocycles. The normalized spacial score (nSPS) is 11.6. The van der Waals surface area contributed by atoms with Crippen LogP contribution in [-0.2, 0) is 10.2 Å². The van der Waals surface area contributed by atoms with Crippen molar-refractivity contribution >= 4 is 29.6 Å². The number of nitrogens with one attached hydrogen (secondary N) is 1. The van der Waals surface area contributed by atoms with Crippen LogP contribution in [0.5, 0.6) is 5.75 Å². The van der Waals surface area contributed by atoms with Gasteiger partial charge in [-0.3, -0.25) is 9.36 Å². The number of hydrogen-bond acceptors (Lipinski definition) is 7. The Labute approximate surface area is 246 Å². The summed E-state index contributed by atoms with van der Waals surface area (Å²) in [5.41, 5.74) is 7.80. The lowest BCUT2D eigenvalue weighted by molar-refractivity contribution is -0.118. The van der Waals surface area contributed by atoms with E-state index in [4.69, 9.17) is 4.74 Å². The van der Waals surface area contributed by atoms with E-state index in [1.165, 1.54) is 17.3 Å². The number of thioether (sulfide) groups is 1. The van der Waals surface area contributed by atoms with Gasteiger partial charge < -0.3 is 9.64 Å². The van der Waals surface area contributed by atoms with Crippen LogP contribution in [-0.4, -0.2) is 52.8 Å². The molecule has 1 N–H and O–H groups in total. The second-order valence-corrected chi connectivity index (χ2v) is 11.5. The Morgan fingerprint density at radius 3 is 2.22 bits per heavy atom. The van der Waals surface area contributed by atoms with Crippen LogP contribution in [0.15, 0.2) is 83.1 Å². The first-order valence-corrected chi connectivity index (χ1v) is 14.7. The number of carbonyl (C=O) groups excluding carboxylic acids is 1. The van der Waals surface area contributed by atoms with Crippen LogP contribution in [0.4, 0.5) is 5.69 Å². The summed E-state index contributed by atoms with van der Waals surface area (Å²) < 4.78 is 7.30. The van der Waals surface area contributed by atoms with Gasteiger partial charge in [0.15, 0.2) is 11.0 Å². The van der Waals surface area contributed by atoms with Crippen LogP contribution in [0, 0.1) is 0 Å². The average Bonchev–Trinajstić information content (AvgIpc) is 3.41. The number of hydrogen-bond donors (Lipinski definition) is 1. The molecule has 0 saturated heterocycles. The highest BCUT2D eigenvalue weighted by Gasteiger charge is 2.19. The SMILES string of the molecule is CCN(CC)c1ccc(/C=N/NC(=O)CSc2nnc(-c3ccc(C(C)(C)C)cc3)n2-c2ccc(OC)cc2)cc1. The number of carbonyl (C=O) groups is 1. The molecule has 0 aliphatic carbocycles. The van der Waals surface area contributed by atoms with Crippen LogP contribution in [0.25, 0.3) is 17.1 Å². The second kappa shape index (κ2) is 13.5. The summed E-state index contributed by atoms with van der Waals surface area (Å²) in [4.78, 5) is 14.9. The highest BCUT2D eigenvalue weighted by Crippen LogP contribution is 2.30. The number of rotatable bonds is 11. The third-order valence-corrected chi connectivity index (χ3v) is 7.66. The molecular formula is C32H38N6O2S. The molecule has 0 unspecified atom stereocenters. The van der Waals surface area contributed by atoms with Crippen molar-refractivity contribution in [1.29, 1.82) is 0 Å². The summed E-state index contributed by atoms with van der Waals surface area (Å²) in [5.74, 6) is 1.36. The molecule has 0 fully saturated rings. The number of benzene rings is 3. The second-order valence-electron chi connectivity index (χ2n) is 10.5. The zero-order valence-corrected chi connectivity index (χ0v) is 25.4. The summed E-state index contributed by atoms with van der Waals surface area (Å²) in [5, 5.41) is 13.7. The maximum atomic E-state index is 12.6. The third kappa shape index (κ3) is 7.55. The molecule has 8 nitrogen and oxygen atoms in total. The number of anilines is 1. The van der Waals surface area contributed by atoms with Crippen molar-refractivity contribution in [2.45, 2.75) is 45.2 Å². The first-order valence-electron chi connectivity index (χ1n) is 13.7. The van der Waals surface area contributed by atoms with E-state index in [1.54, 1.807) is 13.3 Å². The number of ether oxygens (including phenoxy) is 1. The first kappa shape index (κ1) is 29.9. The van der Waals surface area contributed by atoms with Gasteiger partial charge in [-0.15, -0.1) is 10.2 Å². The maximum absolute atomic E-state index is 12.6. The van der Waals surface area contributed by atoms with E-state index in [0.717, 1.165) is 41.3 Å². The molecule has 4 rings (SSSR count). The molecule has 0 radical (unpaired) electrons. The van der Waals surface area contributed by atoms with Crippen LogP contribution < -0.4 is 15.1 Å². The number of amides is 1. The van der Waals surface area contributed by atoms with Gasteiger partial charge in [0.25, 0.3) is 5.91 Å². The van der Waals surface area contributed by atoms with E-state index in [9.17, 15) is 4.79 Å². The van der Waals surface area contributed by atoms with Crippen molar-refractivity contribution in [1.82, 2.24) is 20.2 Å². The predicted octanol–water partition coefficient (Wildman–Crippen LogP) is 6.33. The van der Waals surface area contributed by atoms with Gasteiger partial charge in [0.1, 0.15) is 5.75 Å². The fourth-order valence-electron chi connectivity index (χ4n) is 4.33. The van der Waals surface area contributed by atoms with Gasteiger partial charge in [-0.25, -0.2) is 5.43 Å². The van der Waals surface area contributed by atoms with Crippen LogP contribution in [0.1, 0.15) is 45.7 Å². The van der Waals surface area contributed by atoms with E-state index in [-0.39, 0.29) is 17.1 Å². The smallest absolute Gasteiger partial charge is 0.250 e. The quantitative estimate of drug-likeness (QED) is 0.129. The number of hydrazone groups is 1. The Bertz CT molecular complexity index is 1450. The summed E-state index contributed by atoms with van der Waals surface area (Å²) in [6, 6.07) is 24.2. The molecule has 0 atom stereocenters. The lowest BCUT2D eigenvalue weighted by Crippen LogP contribution is -2.21. The molecule has 41 heavy (non-hydrogen) atoms. The maximum Gasteiger partial charge on any atom is 0.250 e. The monoisotopic (exact) mass is 570 g/mol. The van der Waals surface area contributed by atoms with Crippen LogP contribution >= 0.6 is 11.8 Å². The van der Waals surface area contributed by atoms with Crippen molar-refractivity contribution in [3.63, 3.8) is 0 Å². The summed E-state index contributed by atoms with van der Waals surface area (Å²) in [6.07, 6.45) is 1.65. The molecule has 4 aromatic rings. The molecule has 1 amide bonds. The summed E-state index contributed by atoms with van der Waals surface area (Å²) >= 11 is 1.31. The molecule has 0 bridgehead atoms. The summed E-state index contributed by atoms with van der Waals surface area (Å²) in [6.45, 7) is 12.7. The Morgan fingerprint density at radius 2 is 1.63 bits per heavy atom. The highest BCUT2D eigenvalue weighted by atomic mass is 32.2. The Morgan fingerprint density at radius 1 is 0.976 bits per heavy atom. The Hall–Kier alpha value is -4.11. The summed E-state index contributed by atoms with van der Waals surface area (Å²) in [7, 11) is 1.64. The average molecular weight is 571 g/mol. The van der Waals surface area contributed by atoms with Crippen molar-refractivity contribution in [2.75, 3.05) is 30.9 Å². The topological polar surface area (TPSA) is 84.6 Å². The van der Waals surface area contributed by atoms with Crippen molar-refractivity contribution in [3.8, 4) is 22.8 Å². The minimum atomic E-state index is -0.230. The van der Waals surface area contributed by atoms with Gasteiger partial charge in [0.2, 0.25) is 0 Å². The van der Waals surface area contributed by atoms with E-state index in [1.807, 2.05) is 41.0 Å². The van der Waals surface area contributed by atoms with Crippen LogP contribution in [0.3, 0.4) is 0 Å². The lowest BCUT2D eigenvalue weighted by Gasteiger charge is -2.20. The molecule has 0 aliphatic heterocycles. The molecule has 3 aromatic carbocycles. The fraction of sp³-hybridized carbons (Fsp3) is 0.312. The number of methoxy groups -OCH3 is 1. The minimum absolute atomic E-state index is 0.0494. The van der Waals surface area contributed by atoms with Crippen LogP contribution in [0.2, 0.25) is 0 Å². The molecule has 1 aromatic heterocycles. The molecular weight excluding hydrogens is 532 g/mol. The lowest BCUT2D eigenvalue weighted by atomic mass is 9.87. The van der Waals surface area contributed by atoms with Crippen molar-refractivity contribution in [2.24, 2.45) is 5.10 Å². The van der Waals surface area contributed by atoms with Gasteiger partial charge in [-0.05, 0) is 66.8 Å². The van der Waals surface area contributed by atoms with Gasteiger partial charge in [-0.1, -0.05) is 68.9 Å². The third-order valence-electron chi connectivity index (χ3n) is 6.73. The Kier molecular flexibility index (Phi) is 9.83. The van der Waals surface area contributed by atoms with E-state index in [0.29, 0.717) is 11.0 Å². The molecule has 0 saturated carbocycles. The zero-order valence-electron chi connectivity index (χ0n) is 24.6. The molecule has 9 heteroatoms. The highest BCUT2D eigenvalue weighted by molar-refractivity contribution is 7.99. The van der Waals surface area contributed by atoms with Gasteiger partial charge in [0.05, 0.1) is 19.1 Å². The molecule has 214 valence electrons. The predicted molar refractivity (Wildman–Crippen MR) is 169 cm³/mol. The van der Waals surface area contributed by atoms with E-state index in [2.05, 4.69) is 96.6 Å². The zero-order chi connectivity index (χ0) is 29.4. The van der Waals surface area contributed by atoms with E-state index >= 15 is 0 Å². The Balaban J connectivity index is 1.48. The largest absolute Gasteiger partial charge is 0.497 e. The molecule has 0 aliphatic rings. The van der Waals surface area contributed by atoms with Crippen molar-refractivity contribution in [3.05, 3.63) is 83.9 Å². The van der Waals surface area contributed by atoms with Crippen molar-refractivity contribution < 1.29 is 9.53 Å². The van der Waals surface area contributed by atoms with Gasteiger partial charge in [-0.2, -0.15) is 5.10 Å². The number of nitrogens with zero attached hydrogens (tertiary/aromatic N) is 5. The minimum Gasteiger partial charge on any atom is -0.497 e. The fourth-order valence-corrected chi connectivity index (χ4v) is 5.08.